The molecule has 2 rings (SSSR count). The number of pyridine rings is 1. The summed E-state index contributed by atoms with van der Waals surface area (Å²) >= 11 is 0. The van der Waals surface area contributed by atoms with Gasteiger partial charge in [-0.05, 0) is 49.2 Å². The van der Waals surface area contributed by atoms with Gasteiger partial charge in [-0.3, -0.25) is 4.98 Å². The molecule has 0 aliphatic heterocycles. The predicted molar refractivity (Wildman–Crippen MR) is 76.5 cm³/mol. The summed E-state index contributed by atoms with van der Waals surface area (Å²) in [6.07, 6.45) is 1.88. The molecular formula is C16H20N2. The molecule has 0 unspecified atom stereocenters. The van der Waals surface area contributed by atoms with E-state index in [0.29, 0.717) is 0 Å². The minimum atomic E-state index is 0.910. The third-order valence-corrected chi connectivity index (χ3v) is 3.04. The van der Waals surface area contributed by atoms with Gasteiger partial charge in [0.05, 0.1) is 0 Å². The van der Waals surface area contributed by atoms with Crippen LogP contribution in [0.1, 0.15) is 23.7 Å². The molecule has 2 aromatic rings. The molecule has 18 heavy (non-hydrogen) atoms. The fraction of sp³-hybridized carbons (Fsp3) is 0.312. The monoisotopic (exact) mass is 240 g/mol. The molecule has 0 radical (unpaired) electrons. The van der Waals surface area contributed by atoms with Gasteiger partial charge >= 0.3 is 0 Å². The molecule has 2 heteroatoms. The lowest BCUT2D eigenvalue weighted by Crippen LogP contribution is -2.12. The van der Waals surface area contributed by atoms with E-state index in [-0.39, 0.29) is 0 Å². The summed E-state index contributed by atoms with van der Waals surface area (Å²) in [4.78, 5) is 4.26. The highest BCUT2D eigenvalue weighted by molar-refractivity contribution is 5.68. The Bertz CT molecular complexity index is 532. The average Bonchev–Trinajstić information content (AvgIpc) is 2.37. The van der Waals surface area contributed by atoms with Crippen LogP contribution < -0.4 is 5.32 Å². The molecule has 1 N–H and O–H groups in total. The van der Waals surface area contributed by atoms with E-state index in [4.69, 9.17) is 0 Å². The van der Waals surface area contributed by atoms with Crippen LogP contribution >= 0.6 is 0 Å². The topological polar surface area (TPSA) is 24.9 Å². The van der Waals surface area contributed by atoms with Gasteiger partial charge < -0.3 is 5.32 Å². The Labute approximate surface area is 109 Å². The third-order valence-electron chi connectivity index (χ3n) is 3.04. The summed E-state index contributed by atoms with van der Waals surface area (Å²) < 4.78 is 0. The lowest BCUT2D eigenvalue weighted by Gasteiger charge is -2.12. The second-order valence-electron chi connectivity index (χ2n) is 4.63. The van der Waals surface area contributed by atoms with Crippen LogP contribution in [0.25, 0.3) is 11.1 Å². The minimum absolute atomic E-state index is 0.910. The van der Waals surface area contributed by atoms with Crippen LogP contribution in [0.3, 0.4) is 0 Å². The van der Waals surface area contributed by atoms with Crippen molar-refractivity contribution in [2.45, 2.75) is 27.3 Å². The molecule has 94 valence electrons. The van der Waals surface area contributed by atoms with E-state index in [1.807, 2.05) is 13.1 Å². The molecule has 0 aliphatic carbocycles. The van der Waals surface area contributed by atoms with Gasteiger partial charge in [0.25, 0.3) is 0 Å². The molecule has 0 fully saturated rings. The van der Waals surface area contributed by atoms with Crippen LogP contribution in [0.15, 0.2) is 36.5 Å². The summed E-state index contributed by atoms with van der Waals surface area (Å²) in [5.41, 5.74) is 6.25. The molecule has 1 heterocycles. The van der Waals surface area contributed by atoms with Gasteiger partial charge in [0, 0.05) is 18.4 Å². The number of rotatable bonds is 4. The van der Waals surface area contributed by atoms with Crippen LogP contribution in [0.2, 0.25) is 0 Å². The molecule has 0 saturated carbocycles. The Hall–Kier alpha value is -1.67. The van der Waals surface area contributed by atoms with E-state index in [2.05, 4.69) is 54.5 Å². The van der Waals surface area contributed by atoms with Crippen molar-refractivity contribution in [2.24, 2.45) is 0 Å². The van der Waals surface area contributed by atoms with Gasteiger partial charge in [-0.2, -0.15) is 0 Å². The first-order valence-corrected chi connectivity index (χ1v) is 6.44. The van der Waals surface area contributed by atoms with Gasteiger partial charge in [-0.1, -0.05) is 30.7 Å². The van der Waals surface area contributed by atoms with Crippen LogP contribution in [0, 0.1) is 13.8 Å². The van der Waals surface area contributed by atoms with Gasteiger partial charge in [0.15, 0.2) is 0 Å². The molecular weight excluding hydrogens is 220 g/mol. The summed E-state index contributed by atoms with van der Waals surface area (Å²) in [6, 6.07) is 10.9. The summed E-state index contributed by atoms with van der Waals surface area (Å²) in [5.74, 6) is 0. The Morgan fingerprint density at radius 1 is 1.11 bits per heavy atom. The van der Waals surface area contributed by atoms with Gasteiger partial charge in [0.2, 0.25) is 0 Å². The highest BCUT2D eigenvalue weighted by atomic mass is 14.8. The van der Waals surface area contributed by atoms with Crippen molar-refractivity contribution in [1.82, 2.24) is 10.3 Å². The van der Waals surface area contributed by atoms with E-state index >= 15 is 0 Å². The summed E-state index contributed by atoms with van der Waals surface area (Å²) in [5, 5.41) is 3.39. The maximum absolute atomic E-state index is 4.26. The molecule has 1 aromatic carbocycles. The molecule has 1 aromatic heterocycles. The predicted octanol–water partition coefficient (Wildman–Crippen LogP) is 3.47. The Balaban J connectivity index is 2.44. The lowest BCUT2D eigenvalue weighted by molar-refractivity contribution is 0.728. The largest absolute Gasteiger partial charge is 0.313 e. The van der Waals surface area contributed by atoms with Crippen LogP contribution in [0.5, 0.6) is 0 Å². The van der Waals surface area contributed by atoms with E-state index in [1.165, 1.54) is 22.3 Å². The first-order chi connectivity index (χ1) is 8.70. The van der Waals surface area contributed by atoms with E-state index in [0.717, 1.165) is 18.8 Å². The Morgan fingerprint density at radius 2 is 1.94 bits per heavy atom. The van der Waals surface area contributed by atoms with Crippen molar-refractivity contribution in [1.29, 1.82) is 0 Å². The van der Waals surface area contributed by atoms with Crippen LogP contribution in [-0.2, 0) is 6.54 Å². The molecule has 0 spiro atoms. The number of nitrogens with one attached hydrogen (secondary N) is 1. The van der Waals surface area contributed by atoms with E-state index < -0.39 is 0 Å². The Kier molecular flexibility index (Phi) is 4.11. The van der Waals surface area contributed by atoms with Crippen molar-refractivity contribution in [3.05, 3.63) is 53.3 Å². The van der Waals surface area contributed by atoms with E-state index in [9.17, 15) is 0 Å². The van der Waals surface area contributed by atoms with Gasteiger partial charge in [0.1, 0.15) is 0 Å². The highest BCUT2D eigenvalue weighted by Crippen LogP contribution is 2.25. The van der Waals surface area contributed by atoms with Crippen molar-refractivity contribution >= 4 is 0 Å². The normalized spacial score (nSPS) is 10.6. The standard InChI is InChI=1S/C16H20N2/c1-4-17-11-15-6-5-12(2)9-16(15)14-7-8-18-13(3)10-14/h5-10,17H,4,11H2,1-3H3. The zero-order chi connectivity index (χ0) is 13.0. The van der Waals surface area contributed by atoms with Crippen molar-refractivity contribution in [3.63, 3.8) is 0 Å². The van der Waals surface area contributed by atoms with Crippen LogP contribution in [-0.4, -0.2) is 11.5 Å². The summed E-state index contributed by atoms with van der Waals surface area (Å²) in [6.45, 7) is 8.19. The SMILES string of the molecule is CCNCc1ccc(C)cc1-c1ccnc(C)c1. The molecule has 0 bridgehead atoms. The number of aromatic nitrogens is 1. The molecule has 0 atom stereocenters. The first kappa shape index (κ1) is 12.8. The zero-order valence-corrected chi connectivity index (χ0v) is 11.3. The maximum atomic E-state index is 4.26. The quantitative estimate of drug-likeness (QED) is 0.885. The van der Waals surface area contributed by atoms with Crippen molar-refractivity contribution < 1.29 is 0 Å². The van der Waals surface area contributed by atoms with Crippen LogP contribution in [0.4, 0.5) is 0 Å². The van der Waals surface area contributed by atoms with Gasteiger partial charge in [-0.25, -0.2) is 0 Å². The molecule has 0 amide bonds. The fourth-order valence-electron chi connectivity index (χ4n) is 2.09. The molecule has 0 saturated heterocycles. The number of nitrogens with zero attached hydrogens (tertiary/aromatic N) is 1. The smallest absolute Gasteiger partial charge is 0.0378 e. The average molecular weight is 240 g/mol. The van der Waals surface area contributed by atoms with E-state index in [1.54, 1.807) is 0 Å². The zero-order valence-electron chi connectivity index (χ0n) is 11.3. The van der Waals surface area contributed by atoms with Crippen molar-refractivity contribution in [3.8, 4) is 11.1 Å². The molecule has 0 aliphatic rings. The minimum Gasteiger partial charge on any atom is -0.313 e. The Morgan fingerprint density at radius 3 is 2.67 bits per heavy atom. The maximum Gasteiger partial charge on any atom is 0.0378 e. The first-order valence-electron chi connectivity index (χ1n) is 6.44. The van der Waals surface area contributed by atoms with Gasteiger partial charge in [-0.15, -0.1) is 0 Å². The second-order valence-corrected chi connectivity index (χ2v) is 4.63. The third kappa shape index (κ3) is 2.96. The second kappa shape index (κ2) is 5.78. The number of hydrogen-bond acceptors (Lipinski definition) is 2. The number of hydrogen-bond donors (Lipinski definition) is 1. The van der Waals surface area contributed by atoms with Crippen molar-refractivity contribution in [2.75, 3.05) is 6.54 Å². The summed E-state index contributed by atoms with van der Waals surface area (Å²) in [7, 11) is 0. The molecule has 2 nitrogen and oxygen atoms in total. The highest BCUT2D eigenvalue weighted by Gasteiger charge is 2.05. The number of benzene rings is 1. The fourth-order valence-corrected chi connectivity index (χ4v) is 2.09. The number of aryl methyl sites for hydroxylation is 2. The lowest BCUT2D eigenvalue weighted by atomic mass is 9.98.